The van der Waals surface area contributed by atoms with E-state index in [1.165, 1.54) is 7.05 Å². The van der Waals surface area contributed by atoms with Gasteiger partial charge in [0.1, 0.15) is 0 Å². The molecular formula is C13H20N2O. The van der Waals surface area contributed by atoms with E-state index in [1.54, 1.807) is 0 Å². The smallest absolute Gasteiger partial charge is 0.166 e. The third-order valence-electron chi connectivity index (χ3n) is 2.17. The molecule has 1 aromatic rings. The Kier molecular flexibility index (Phi) is 6.11. The van der Waals surface area contributed by atoms with E-state index in [2.05, 4.69) is 12.3 Å². The first kappa shape index (κ1) is 14.4. The van der Waals surface area contributed by atoms with Crippen molar-refractivity contribution in [1.82, 2.24) is 4.57 Å². The van der Waals surface area contributed by atoms with Gasteiger partial charge in [0.15, 0.2) is 6.29 Å². The number of nitrogens with two attached hydrogens (primary N) is 1. The minimum absolute atomic E-state index is 0.677. The number of aromatic nitrogens is 1. The zero-order chi connectivity index (χ0) is 12.7. The van der Waals surface area contributed by atoms with Crippen LogP contribution in [0.3, 0.4) is 0 Å². The highest BCUT2D eigenvalue weighted by Crippen LogP contribution is 2.21. The van der Waals surface area contributed by atoms with Crippen LogP contribution in [0.5, 0.6) is 0 Å². The van der Waals surface area contributed by atoms with Gasteiger partial charge in [-0.15, -0.1) is 0 Å². The molecule has 16 heavy (non-hydrogen) atoms. The Morgan fingerprint density at radius 1 is 1.50 bits per heavy atom. The van der Waals surface area contributed by atoms with Crippen LogP contribution in [0.1, 0.15) is 35.6 Å². The minimum Gasteiger partial charge on any atom is -0.341 e. The van der Waals surface area contributed by atoms with Crippen LogP contribution in [0.25, 0.3) is 11.6 Å². The van der Waals surface area contributed by atoms with Crippen molar-refractivity contribution >= 4 is 17.9 Å². The molecule has 0 radical (unpaired) electrons. The van der Waals surface area contributed by atoms with Gasteiger partial charge < -0.3 is 10.3 Å². The van der Waals surface area contributed by atoms with Crippen molar-refractivity contribution in [2.24, 2.45) is 12.8 Å². The van der Waals surface area contributed by atoms with Crippen molar-refractivity contribution in [2.45, 2.75) is 13.8 Å². The predicted octanol–water partition coefficient (Wildman–Crippen LogP) is 2.48. The van der Waals surface area contributed by atoms with Gasteiger partial charge in [-0.05, 0) is 32.5 Å². The van der Waals surface area contributed by atoms with Crippen molar-refractivity contribution in [3.8, 4) is 0 Å². The minimum atomic E-state index is 0.677. The molecule has 0 fully saturated rings. The maximum Gasteiger partial charge on any atom is 0.166 e. The molecule has 0 aromatic carbocycles. The predicted molar refractivity (Wildman–Crippen MR) is 70.3 cm³/mol. The van der Waals surface area contributed by atoms with Gasteiger partial charge in [0.05, 0.1) is 11.4 Å². The molecule has 1 heterocycles. The van der Waals surface area contributed by atoms with Crippen LogP contribution in [0, 0.1) is 0 Å². The number of hydrogen-bond donors (Lipinski definition) is 1. The molecule has 88 valence electrons. The van der Waals surface area contributed by atoms with Gasteiger partial charge in [0.25, 0.3) is 0 Å². The first-order valence-electron chi connectivity index (χ1n) is 5.13. The molecule has 0 aliphatic carbocycles. The normalized spacial score (nSPS) is 9.81. The number of rotatable bonds is 3. The standard InChI is InChI=1S/C12H15NO.CH5N/c1-5-6-10-7-11(8-14)13(4)12(10)9(2)3;1-2/h5-8H,2H2,1,3-4H3;2H2,1H3/b6-5-;. The second-order valence-corrected chi connectivity index (χ2v) is 3.33. The summed E-state index contributed by atoms with van der Waals surface area (Å²) in [5.41, 5.74) is 8.21. The second-order valence-electron chi connectivity index (χ2n) is 3.33. The van der Waals surface area contributed by atoms with E-state index in [0.29, 0.717) is 5.69 Å². The second kappa shape index (κ2) is 6.80. The van der Waals surface area contributed by atoms with E-state index >= 15 is 0 Å². The molecule has 0 amide bonds. The zero-order valence-corrected chi connectivity index (χ0v) is 10.4. The Bertz CT molecular complexity index is 400. The first-order valence-corrected chi connectivity index (χ1v) is 5.13. The van der Waals surface area contributed by atoms with Crippen molar-refractivity contribution in [2.75, 3.05) is 7.05 Å². The first-order chi connectivity index (χ1) is 7.61. The Morgan fingerprint density at radius 2 is 2.06 bits per heavy atom. The van der Waals surface area contributed by atoms with Gasteiger partial charge in [0, 0.05) is 12.6 Å². The van der Waals surface area contributed by atoms with E-state index in [9.17, 15) is 4.79 Å². The summed E-state index contributed by atoms with van der Waals surface area (Å²) in [6, 6.07) is 1.87. The van der Waals surface area contributed by atoms with Gasteiger partial charge in [-0.3, -0.25) is 4.79 Å². The number of nitrogens with zero attached hydrogens (tertiary/aromatic N) is 1. The van der Waals surface area contributed by atoms with Crippen LogP contribution in [-0.4, -0.2) is 17.9 Å². The molecule has 0 atom stereocenters. The van der Waals surface area contributed by atoms with Crippen molar-refractivity contribution < 1.29 is 4.79 Å². The van der Waals surface area contributed by atoms with E-state index in [-0.39, 0.29) is 0 Å². The van der Waals surface area contributed by atoms with Crippen LogP contribution >= 0.6 is 0 Å². The Balaban J connectivity index is 0.00000106. The molecule has 0 unspecified atom stereocenters. The summed E-state index contributed by atoms with van der Waals surface area (Å²) < 4.78 is 1.87. The van der Waals surface area contributed by atoms with Crippen LogP contribution in [0.2, 0.25) is 0 Å². The van der Waals surface area contributed by atoms with Gasteiger partial charge in [-0.25, -0.2) is 0 Å². The molecule has 1 rings (SSSR count). The molecule has 2 N–H and O–H groups in total. The highest BCUT2D eigenvalue weighted by atomic mass is 16.1. The maximum atomic E-state index is 10.7. The third-order valence-corrected chi connectivity index (χ3v) is 2.17. The SMILES string of the molecule is C=C(C)c1c(/C=C\C)cc(C=O)n1C.CN. The van der Waals surface area contributed by atoms with Crippen molar-refractivity contribution in [3.63, 3.8) is 0 Å². The molecular weight excluding hydrogens is 200 g/mol. The maximum absolute atomic E-state index is 10.7. The summed E-state index contributed by atoms with van der Waals surface area (Å²) in [6.07, 6.45) is 4.80. The number of aldehydes is 1. The lowest BCUT2D eigenvalue weighted by Gasteiger charge is -2.04. The van der Waals surface area contributed by atoms with Crippen molar-refractivity contribution in [3.05, 3.63) is 35.7 Å². The van der Waals surface area contributed by atoms with Gasteiger partial charge >= 0.3 is 0 Å². The summed E-state index contributed by atoms with van der Waals surface area (Å²) in [5.74, 6) is 0. The molecule has 0 aliphatic rings. The lowest BCUT2D eigenvalue weighted by molar-refractivity contribution is 0.111. The number of allylic oxidation sites excluding steroid dienone is 2. The van der Waals surface area contributed by atoms with E-state index in [0.717, 1.165) is 23.1 Å². The fraction of sp³-hybridized carbons (Fsp3) is 0.308. The highest BCUT2D eigenvalue weighted by molar-refractivity contribution is 5.80. The number of carbonyl (C=O) groups excluding carboxylic acids is 1. The van der Waals surface area contributed by atoms with Crippen LogP contribution in [0.15, 0.2) is 18.7 Å². The largest absolute Gasteiger partial charge is 0.341 e. The summed E-state index contributed by atoms with van der Waals surface area (Å²) >= 11 is 0. The molecule has 0 spiro atoms. The van der Waals surface area contributed by atoms with Crippen LogP contribution < -0.4 is 5.73 Å². The lowest BCUT2D eigenvalue weighted by Crippen LogP contribution is -1.98. The Morgan fingerprint density at radius 3 is 2.44 bits per heavy atom. The number of carbonyl (C=O) groups is 1. The molecule has 1 aromatic heterocycles. The van der Waals surface area contributed by atoms with Gasteiger partial charge in [-0.2, -0.15) is 0 Å². The zero-order valence-electron chi connectivity index (χ0n) is 10.4. The van der Waals surface area contributed by atoms with Gasteiger partial charge in [-0.1, -0.05) is 18.7 Å². The fourth-order valence-corrected chi connectivity index (χ4v) is 1.60. The average molecular weight is 220 g/mol. The Labute approximate surface area is 97.3 Å². The molecule has 3 nitrogen and oxygen atoms in total. The van der Waals surface area contributed by atoms with Crippen LogP contribution in [0.4, 0.5) is 0 Å². The quantitative estimate of drug-likeness (QED) is 0.795. The van der Waals surface area contributed by atoms with Crippen LogP contribution in [-0.2, 0) is 7.05 Å². The number of hydrogen-bond acceptors (Lipinski definition) is 2. The fourth-order valence-electron chi connectivity index (χ4n) is 1.60. The lowest BCUT2D eigenvalue weighted by atomic mass is 10.1. The summed E-state index contributed by atoms with van der Waals surface area (Å²) in [5, 5.41) is 0. The topological polar surface area (TPSA) is 48.0 Å². The van der Waals surface area contributed by atoms with E-state index < -0.39 is 0 Å². The Hall–Kier alpha value is -1.61. The monoisotopic (exact) mass is 220 g/mol. The third kappa shape index (κ3) is 2.94. The van der Waals surface area contributed by atoms with Gasteiger partial charge in [0.2, 0.25) is 0 Å². The molecule has 0 saturated carbocycles. The average Bonchev–Trinajstić information content (AvgIpc) is 2.58. The summed E-state index contributed by atoms with van der Waals surface area (Å²) in [4.78, 5) is 10.7. The molecule has 0 bridgehead atoms. The summed E-state index contributed by atoms with van der Waals surface area (Å²) in [7, 11) is 3.38. The van der Waals surface area contributed by atoms with E-state index in [4.69, 9.17) is 0 Å². The molecule has 3 heteroatoms. The molecule has 0 aliphatic heterocycles. The summed E-state index contributed by atoms with van der Waals surface area (Å²) in [6.45, 7) is 7.80. The van der Waals surface area contributed by atoms with E-state index in [1.807, 2.05) is 43.7 Å². The van der Waals surface area contributed by atoms with Crippen molar-refractivity contribution in [1.29, 1.82) is 0 Å². The highest BCUT2D eigenvalue weighted by Gasteiger charge is 2.09. The molecule has 0 saturated heterocycles.